The van der Waals surface area contributed by atoms with E-state index in [0.29, 0.717) is 16.9 Å². The molecule has 1 saturated heterocycles. The second kappa shape index (κ2) is 8.99. The highest BCUT2D eigenvalue weighted by molar-refractivity contribution is 7.09. The number of methoxy groups -OCH3 is 1. The lowest BCUT2D eigenvalue weighted by molar-refractivity contribution is -0.140. The summed E-state index contributed by atoms with van der Waals surface area (Å²) < 4.78 is 5.50. The topological polar surface area (TPSA) is 87.1 Å². The monoisotopic (exact) mass is 477 g/mol. The second-order valence-electron chi connectivity index (χ2n) is 9.26. The molecule has 2 aromatic carbocycles. The molecule has 4 rings (SSSR count). The van der Waals surface area contributed by atoms with Crippen LogP contribution in [0.15, 0.2) is 65.6 Å². The Balaban J connectivity index is 1.89. The fraction of sp³-hybridized carbons (Fsp3) is 0.259. The maximum atomic E-state index is 13.2. The zero-order valence-electron chi connectivity index (χ0n) is 19.5. The standard InChI is InChI=1S/C27H27NO5S/c1-27(2,3)20-14-17(9-12-21(20)33-4)24(30)22-23(16-7-10-18(29)11-8-16)28(26(32)25(22)31)15-19-6-5-13-34-19/h5-14,23,29-30H,15H2,1-4H3/b24-22-. The van der Waals surface area contributed by atoms with E-state index in [9.17, 15) is 19.8 Å². The van der Waals surface area contributed by atoms with Crippen molar-refractivity contribution in [3.63, 3.8) is 0 Å². The third-order valence-electron chi connectivity index (χ3n) is 5.94. The van der Waals surface area contributed by atoms with Gasteiger partial charge in [0, 0.05) is 16.0 Å². The molecule has 0 bridgehead atoms. The number of aliphatic hydroxyl groups is 1. The van der Waals surface area contributed by atoms with Gasteiger partial charge < -0.3 is 19.8 Å². The van der Waals surface area contributed by atoms with Crippen LogP contribution in [0, 0.1) is 0 Å². The van der Waals surface area contributed by atoms with Gasteiger partial charge >= 0.3 is 0 Å². The zero-order valence-corrected chi connectivity index (χ0v) is 20.3. The van der Waals surface area contributed by atoms with Gasteiger partial charge in [-0.05, 0) is 52.8 Å². The van der Waals surface area contributed by atoms with E-state index in [4.69, 9.17) is 4.74 Å². The van der Waals surface area contributed by atoms with Crippen molar-refractivity contribution >= 4 is 28.8 Å². The smallest absolute Gasteiger partial charge is 0.295 e. The molecule has 34 heavy (non-hydrogen) atoms. The number of rotatable bonds is 5. The number of amides is 1. The molecule has 2 N–H and O–H groups in total. The van der Waals surface area contributed by atoms with Gasteiger partial charge in [-0.2, -0.15) is 0 Å². The third-order valence-corrected chi connectivity index (χ3v) is 6.80. The summed E-state index contributed by atoms with van der Waals surface area (Å²) in [5.41, 5.74) is 1.68. The van der Waals surface area contributed by atoms with Gasteiger partial charge in [0.1, 0.15) is 17.3 Å². The number of likely N-dealkylation sites (tertiary alicyclic amines) is 1. The van der Waals surface area contributed by atoms with Crippen molar-refractivity contribution in [1.29, 1.82) is 0 Å². The molecule has 6 nitrogen and oxygen atoms in total. The van der Waals surface area contributed by atoms with Crippen LogP contribution < -0.4 is 4.74 Å². The first-order valence-electron chi connectivity index (χ1n) is 10.9. The van der Waals surface area contributed by atoms with Crippen molar-refractivity contribution in [3.05, 3.63) is 87.1 Å². The highest BCUT2D eigenvalue weighted by atomic mass is 32.1. The van der Waals surface area contributed by atoms with Crippen LogP contribution in [0.5, 0.6) is 11.5 Å². The number of hydrogen-bond acceptors (Lipinski definition) is 6. The molecular weight excluding hydrogens is 450 g/mol. The Morgan fingerprint density at radius 1 is 1.09 bits per heavy atom. The van der Waals surface area contributed by atoms with Gasteiger partial charge in [-0.1, -0.05) is 39.0 Å². The van der Waals surface area contributed by atoms with Gasteiger partial charge in [-0.25, -0.2) is 0 Å². The van der Waals surface area contributed by atoms with E-state index in [2.05, 4.69) is 0 Å². The fourth-order valence-corrected chi connectivity index (χ4v) is 4.92. The molecule has 176 valence electrons. The summed E-state index contributed by atoms with van der Waals surface area (Å²) in [7, 11) is 1.59. The third kappa shape index (κ3) is 4.31. The number of aromatic hydroxyl groups is 1. The number of benzene rings is 2. The van der Waals surface area contributed by atoms with Crippen molar-refractivity contribution < 1.29 is 24.5 Å². The Hall–Kier alpha value is -3.58. The van der Waals surface area contributed by atoms with Crippen LogP contribution in [-0.2, 0) is 21.5 Å². The number of Topliss-reactive ketones (excluding diaryl/α,β-unsaturated/α-hetero) is 1. The van der Waals surface area contributed by atoms with Crippen LogP contribution in [-0.4, -0.2) is 33.9 Å². The number of carbonyl (C=O) groups excluding carboxylic acids is 2. The van der Waals surface area contributed by atoms with E-state index in [0.717, 1.165) is 10.4 Å². The summed E-state index contributed by atoms with van der Waals surface area (Å²) >= 11 is 1.49. The molecule has 0 aliphatic carbocycles. The van der Waals surface area contributed by atoms with E-state index in [1.54, 1.807) is 37.4 Å². The molecule has 1 unspecified atom stereocenters. The summed E-state index contributed by atoms with van der Waals surface area (Å²) in [4.78, 5) is 28.8. The number of nitrogens with zero attached hydrogens (tertiary/aromatic N) is 1. The van der Waals surface area contributed by atoms with Crippen LogP contribution >= 0.6 is 11.3 Å². The van der Waals surface area contributed by atoms with Crippen LogP contribution in [0.25, 0.3) is 5.76 Å². The number of aliphatic hydroxyl groups excluding tert-OH is 1. The maximum Gasteiger partial charge on any atom is 0.295 e. The van der Waals surface area contributed by atoms with Gasteiger partial charge in [0.2, 0.25) is 0 Å². The minimum absolute atomic E-state index is 0.0253. The largest absolute Gasteiger partial charge is 0.508 e. The molecule has 2 heterocycles. The van der Waals surface area contributed by atoms with Gasteiger partial charge in [-0.3, -0.25) is 9.59 Å². The molecule has 7 heteroatoms. The summed E-state index contributed by atoms with van der Waals surface area (Å²) in [6.45, 7) is 6.33. The minimum atomic E-state index is -0.789. The number of ether oxygens (including phenoxy) is 1. The predicted molar refractivity (Wildman–Crippen MR) is 132 cm³/mol. The number of carbonyl (C=O) groups is 2. The maximum absolute atomic E-state index is 13.2. The van der Waals surface area contributed by atoms with E-state index >= 15 is 0 Å². The van der Waals surface area contributed by atoms with Gasteiger partial charge in [-0.15, -0.1) is 11.3 Å². The van der Waals surface area contributed by atoms with Gasteiger partial charge in [0.25, 0.3) is 11.7 Å². The molecule has 1 aromatic heterocycles. The second-order valence-corrected chi connectivity index (χ2v) is 10.3. The molecular formula is C27H27NO5S. The molecule has 1 fully saturated rings. The van der Waals surface area contributed by atoms with E-state index < -0.39 is 17.7 Å². The lowest BCUT2D eigenvalue weighted by atomic mass is 9.84. The average molecular weight is 478 g/mol. The van der Waals surface area contributed by atoms with Crippen molar-refractivity contribution in [2.75, 3.05) is 7.11 Å². The zero-order chi connectivity index (χ0) is 24.6. The summed E-state index contributed by atoms with van der Waals surface area (Å²) in [5.74, 6) is -0.891. The highest BCUT2D eigenvalue weighted by Gasteiger charge is 2.46. The lowest BCUT2D eigenvalue weighted by Gasteiger charge is -2.25. The first kappa shape index (κ1) is 23.6. The van der Waals surface area contributed by atoms with Gasteiger partial charge in [0.15, 0.2) is 0 Å². The summed E-state index contributed by atoms with van der Waals surface area (Å²) in [5, 5.41) is 23.1. The molecule has 1 aliphatic rings. The molecule has 0 spiro atoms. The molecule has 0 saturated carbocycles. The van der Waals surface area contributed by atoms with Crippen LogP contribution in [0.2, 0.25) is 0 Å². The van der Waals surface area contributed by atoms with Crippen molar-refractivity contribution in [1.82, 2.24) is 4.90 Å². The Morgan fingerprint density at radius 3 is 2.38 bits per heavy atom. The van der Waals surface area contributed by atoms with E-state index in [1.807, 2.05) is 38.3 Å². The van der Waals surface area contributed by atoms with Gasteiger partial charge in [0.05, 0.1) is 25.3 Å². The Bertz CT molecular complexity index is 1250. The normalized spacial score (nSPS) is 17.9. The summed E-state index contributed by atoms with van der Waals surface area (Å²) in [6.07, 6.45) is 0. The molecule has 0 radical (unpaired) electrons. The number of phenols is 1. The van der Waals surface area contributed by atoms with E-state index in [-0.39, 0.29) is 29.0 Å². The number of thiophene rings is 1. The van der Waals surface area contributed by atoms with Crippen molar-refractivity contribution in [2.24, 2.45) is 0 Å². The SMILES string of the molecule is COc1ccc(/C(O)=C2/C(=O)C(=O)N(Cc3cccs3)C2c2ccc(O)cc2)cc1C(C)(C)C. The Labute approximate surface area is 202 Å². The van der Waals surface area contributed by atoms with Crippen LogP contribution in [0.1, 0.15) is 48.4 Å². The van der Waals surface area contributed by atoms with E-state index in [1.165, 1.54) is 28.4 Å². The first-order valence-corrected chi connectivity index (χ1v) is 11.8. The fourth-order valence-electron chi connectivity index (χ4n) is 4.21. The molecule has 3 aromatic rings. The number of ketones is 1. The lowest BCUT2D eigenvalue weighted by Crippen LogP contribution is -2.28. The highest BCUT2D eigenvalue weighted by Crippen LogP contribution is 2.42. The molecule has 1 atom stereocenters. The Morgan fingerprint density at radius 2 is 1.79 bits per heavy atom. The predicted octanol–water partition coefficient (Wildman–Crippen LogP) is 5.38. The van der Waals surface area contributed by atoms with Crippen molar-refractivity contribution in [3.8, 4) is 11.5 Å². The quantitative estimate of drug-likeness (QED) is 0.293. The Kier molecular flexibility index (Phi) is 6.23. The van der Waals surface area contributed by atoms with Crippen LogP contribution in [0.3, 0.4) is 0 Å². The molecule has 1 aliphatic heterocycles. The molecule has 1 amide bonds. The number of phenolic OH excluding ortho intramolecular Hbond substituents is 1. The van der Waals surface area contributed by atoms with Crippen molar-refractivity contribution in [2.45, 2.75) is 38.8 Å². The summed E-state index contributed by atoms with van der Waals surface area (Å²) in [6, 6.07) is 14.6. The number of hydrogen-bond donors (Lipinski definition) is 2. The van der Waals surface area contributed by atoms with Crippen LogP contribution in [0.4, 0.5) is 0 Å². The first-order chi connectivity index (χ1) is 16.1. The average Bonchev–Trinajstić information content (AvgIpc) is 3.40. The minimum Gasteiger partial charge on any atom is -0.508 e.